The van der Waals surface area contributed by atoms with E-state index >= 15 is 0 Å². The van der Waals surface area contributed by atoms with Gasteiger partial charge in [0.1, 0.15) is 18.0 Å². The van der Waals surface area contributed by atoms with Gasteiger partial charge in [0.2, 0.25) is 10.0 Å². The second kappa shape index (κ2) is 6.07. The molecule has 0 aliphatic carbocycles. The molecule has 3 N–H and O–H groups in total. The number of sulfonamides is 1. The third kappa shape index (κ3) is 3.38. The Labute approximate surface area is 114 Å². The Kier molecular flexibility index (Phi) is 4.42. The highest BCUT2D eigenvalue weighted by Gasteiger charge is 2.15. The van der Waals surface area contributed by atoms with Crippen molar-refractivity contribution in [3.8, 4) is 0 Å². The van der Waals surface area contributed by atoms with E-state index in [0.717, 1.165) is 18.2 Å². The number of hydrogen-bond donors (Lipinski definition) is 3. The van der Waals surface area contributed by atoms with E-state index in [-0.39, 0.29) is 17.0 Å². The van der Waals surface area contributed by atoms with E-state index in [2.05, 4.69) is 19.9 Å². The largest absolute Gasteiger partial charge is 0.392 e. The average Bonchev–Trinajstić information content (AvgIpc) is 2.92. The number of aliphatic hydroxyl groups is 1. The smallest absolute Gasteiger partial charge is 0.240 e. The molecule has 0 atom stereocenters. The van der Waals surface area contributed by atoms with E-state index in [1.165, 1.54) is 6.33 Å². The van der Waals surface area contributed by atoms with Crippen molar-refractivity contribution < 1.29 is 17.9 Å². The predicted octanol–water partition coefficient (Wildman–Crippen LogP) is -0.0429. The molecular weight excluding hydrogens is 287 g/mol. The molecule has 7 nitrogen and oxygen atoms in total. The van der Waals surface area contributed by atoms with E-state index in [9.17, 15) is 12.8 Å². The van der Waals surface area contributed by atoms with Crippen molar-refractivity contribution in [2.75, 3.05) is 6.54 Å². The fraction of sp³-hybridized carbons (Fsp3) is 0.273. The Hall–Kier alpha value is -1.84. The molecule has 0 aliphatic heterocycles. The van der Waals surface area contributed by atoms with Crippen LogP contribution in [0.15, 0.2) is 29.4 Å². The zero-order valence-electron chi connectivity index (χ0n) is 10.4. The summed E-state index contributed by atoms with van der Waals surface area (Å²) in [6, 6.07) is 3.26. The fourth-order valence-electron chi connectivity index (χ4n) is 1.58. The summed E-state index contributed by atoms with van der Waals surface area (Å²) >= 11 is 0. The summed E-state index contributed by atoms with van der Waals surface area (Å²) in [6.45, 7) is -0.434. The molecule has 0 unspecified atom stereocenters. The molecule has 0 spiro atoms. The first-order valence-corrected chi connectivity index (χ1v) is 7.24. The number of aromatic amines is 1. The Balaban J connectivity index is 2.06. The maximum absolute atomic E-state index is 13.2. The van der Waals surface area contributed by atoms with Crippen LogP contribution in [0.1, 0.15) is 11.4 Å². The number of rotatable bonds is 6. The summed E-state index contributed by atoms with van der Waals surface area (Å²) in [5.41, 5.74) is -0.0666. The minimum atomic E-state index is -3.75. The third-order valence-electron chi connectivity index (χ3n) is 2.62. The Morgan fingerprint density at radius 3 is 2.85 bits per heavy atom. The highest BCUT2D eigenvalue weighted by Crippen LogP contribution is 2.15. The molecule has 0 radical (unpaired) electrons. The van der Waals surface area contributed by atoms with Gasteiger partial charge in [-0.3, -0.25) is 5.10 Å². The number of aromatic nitrogens is 3. The van der Waals surface area contributed by atoms with Crippen LogP contribution in [0.25, 0.3) is 0 Å². The van der Waals surface area contributed by atoms with Gasteiger partial charge < -0.3 is 5.11 Å². The second-order valence-electron chi connectivity index (χ2n) is 3.99. The molecule has 1 heterocycles. The van der Waals surface area contributed by atoms with Gasteiger partial charge in [0.15, 0.2) is 0 Å². The topological polar surface area (TPSA) is 108 Å². The molecule has 108 valence electrons. The minimum absolute atomic E-state index is 0.0666. The van der Waals surface area contributed by atoms with E-state index in [0.29, 0.717) is 12.2 Å². The zero-order valence-corrected chi connectivity index (χ0v) is 11.2. The lowest BCUT2D eigenvalue weighted by Crippen LogP contribution is -2.26. The van der Waals surface area contributed by atoms with Gasteiger partial charge in [-0.05, 0) is 18.2 Å². The molecule has 0 aliphatic rings. The Morgan fingerprint density at radius 2 is 2.20 bits per heavy atom. The van der Waals surface area contributed by atoms with Crippen molar-refractivity contribution in [2.45, 2.75) is 17.9 Å². The van der Waals surface area contributed by atoms with Gasteiger partial charge in [0, 0.05) is 18.5 Å². The van der Waals surface area contributed by atoms with Crippen molar-refractivity contribution in [3.63, 3.8) is 0 Å². The van der Waals surface area contributed by atoms with Crippen LogP contribution in [0, 0.1) is 5.82 Å². The minimum Gasteiger partial charge on any atom is -0.392 e. The molecule has 1 aromatic heterocycles. The predicted molar refractivity (Wildman–Crippen MR) is 67.6 cm³/mol. The summed E-state index contributed by atoms with van der Waals surface area (Å²) in [5, 5.41) is 15.2. The van der Waals surface area contributed by atoms with Crippen LogP contribution in [-0.4, -0.2) is 35.3 Å². The standard InChI is InChI=1S/C11H13FN4O3S/c12-10-2-1-9(5-8(10)6-17)20(18,19)15-4-3-11-13-7-14-16-11/h1-2,5,7,15,17H,3-4,6H2,(H,13,14,16). The van der Waals surface area contributed by atoms with Crippen LogP contribution in [0.2, 0.25) is 0 Å². The normalized spacial score (nSPS) is 11.7. The van der Waals surface area contributed by atoms with Crippen LogP contribution in [0.4, 0.5) is 4.39 Å². The molecular formula is C11H13FN4O3S. The molecule has 0 saturated heterocycles. The highest BCUT2D eigenvalue weighted by atomic mass is 32.2. The van der Waals surface area contributed by atoms with Crippen molar-refractivity contribution in [1.82, 2.24) is 19.9 Å². The monoisotopic (exact) mass is 300 g/mol. The van der Waals surface area contributed by atoms with Gasteiger partial charge in [-0.2, -0.15) is 5.10 Å². The molecule has 9 heteroatoms. The molecule has 0 fully saturated rings. The van der Waals surface area contributed by atoms with Crippen LogP contribution in [0.5, 0.6) is 0 Å². The first kappa shape index (κ1) is 14.6. The Morgan fingerprint density at radius 1 is 1.40 bits per heavy atom. The maximum Gasteiger partial charge on any atom is 0.240 e. The van der Waals surface area contributed by atoms with Crippen molar-refractivity contribution in [3.05, 3.63) is 41.7 Å². The summed E-state index contributed by atoms with van der Waals surface area (Å²) < 4.78 is 39.5. The number of halogens is 1. The van der Waals surface area contributed by atoms with Crippen molar-refractivity contribution in [2.24, 2.45) is 0 Å². The third-order valence-corrected chi connectivity index (χ3v) is 4.08. The van der Waals surface area contributed by atoms with Crippen LogP contribution in [0.3, 0.4) is 0 Å². The van der Waals surface area contributed by atoms with Gasteiger partial charge in [-0.25, -0.2) is 22.5 Å². The molecule has 0 bridgehead atoms. The fourth-order valence-corrected chi connectivity index (χ4v) is 2.66. The van der Waals surface area contributed by atoms with Crippen molar-refractivity contribution >= 4 is 10.0 Å². The van der Waals surface area contributed by atoms with Crippen LogP contribution in [-0.2, 0) is 23.1 Å². The molecule has 20 heavy (non-hydrogen) atoms. The molecule has 2 rings (SSSR count). The number of aliphatic hydroxyl groups excluding tert-OH is 1. The van der Waals surface area contributed by atoms with E-state index in [1.807, 2.05) is 0 Å². The quantitative estimate of drug-likeness (QED) is 0.693. The summed E-state index contributed by atoms with van der Waals surface area (Å²) in [7, 11) is -3.75. The number of benzene rings is 1. The molecule has 0 amide bonds. The first-order valence-electron chi connectivity index (χ1n) is 5.76. The molecule has 0 saturated carbocycles. The van der Waals surface area contributed by atoms with E-state index < -0.39 is 22.4 Å². The van der Waals surface area contributed by atoms with E-state index in [1.54, 1.807) is 0 Å². The highest BCUT2D eigenvalue weighted by molar-refractivity contribution is 7.89. The number of hydrogen-bond acceptors (Lipinski definition) is 5. The van der Waals surface area contributed by atoms with Crippen molar-refractivity contribution in [1.29, 1.82) is 0 Å². The van der Waals surface area contributed by atoms with Crippen LogP contribution >= 0.6 is 0 Å². The number of nitrogens with one attached hydrogen (secondary N) is 2. The zero-order chi connectivity index (χ0) is 14.6. The summed E-state index contributed by atoms with van der Waals surface area (Å²) in [4.78, 5) is 3.77. The van der Waals surface area contributed by atoms with Gasteiger partial charge in [-0.15, -0.1) is 0 Å². The first-order chi connectivity index (χ1) is 9.53. The molecule has 1 aromatic carbocycles. The summed E-state index contributed by atoms with van der Waals surface area (Å²) in [6.07, 6.45) is 1.69. The van der Waals surface area contributed by atoms with Crippen LogP contribution < -0.4 is 4.72 Å². The SMILES string of the molecule is O=S(=O)(NCCc1ncn[nH]1)c1ccc(F)c(CO)c1. The second-order valence-corrected chi connectivity index (χ2v) is 5.76. The lowest BCUT2D eigenvalue weighted by Gasteiger charge is -2.07. The lowest BCUT2D eigenvalue weighted by molar-refractivity contribution is 0.275. The van der Waals surface area contributed by atoms with Gasteiger partial charge >= 0.3 is 0 Å². The van der Waals surface area contributed by atoms with Gasteiger partial charge in [-0.1, -0.05) is 0 Å². The lowest BCUT2D eigenvalue weighted by atomic mass is 10.2. The average molecular weight is 300 g/mol. The maximum atomic E-state index is 13.2. The van der Waals surface area contributed by atoms with Gasteiger partial charge in [0.25, 0.3) is 0 Å². The molecule has 2 aromatic rings. The summed E-state index contributed by atoms with van der Waals surface area (Å²) in [5.74, 6) is -0.0871. The number of H-pyrrole nitrogens is 1. The number of nitrogens with zero attached hydrogens (tertiary/aromatic N) is 2. The van der Waals surface area contributed by atoms with E-state index in [4.69, 9.17) is 5.11 Å². The Bertz CT molecular complexity index is 673. The van der Waals surface area contributed by atoms with Gasteiger partial charge in [0.05, 0.1) is 11.5 Å².